The van der Waals surface area contributed by atoms with Gasteiger partial charge in [0.25, 0.3) is 5.56 Å². The predicted octanol–water partition coefficient (Wildman–Crippen LogP) is 3.78. The Bertz CT molecular complexity index is 1200. The highest BCUT2D eigenvalue weighted by Gasteiger charge is 2.17. The zero-order valence-corrected chi connectivity index (χ0v) is 15.8. The van der Waals surface area contributed by atoms with Crippen LogP contribution in [0.25, 0.3) is 16.6 Å². The highest BCUT2D eigenvalue weighted by molar-refractivity contribution is 7.09. The van der Waals surface area contributed by atoms with E-state index in [1.165, 1.54) is 10.6 Å². The molecule has 3 aromatic heterocycles. The lowest BCUT2D eigenvalue weighted by molar-refractivity contribution is 0.636. The number of benzene rings is 1. The van der Waals surface area contributed by atoms with E-state index in [0.717, 1.165) is 10.7 Å². The van der Waals surface area contributed by atoms with Crippen LogP contribution in [-0.4, -0.2) is 19.5 Å². The van der Waals surface area contributed by atoms with E-state index in [0.29, 0.717) is 35.6 Å². The fourth-order valence-corrected chi connectivity index (χ4v) is 3.77. The van der Waals surface area contributed by atoms with Gasteiger partial charge >= 0.3 is 0 Å². The molecule has 0 radical (unpaired) electrons. The summed E-state index contributed by atoms with van der Waals surface area (Å²) in [6.07, 6.45) is 2.83. The Morgan fingerprint density at radius 3 is 2.70 bits per heavy atom. The van der Waals surface area contributed by atoms with Crippen molar-refractivity contribution in [1.82, 2.24) is 19.5 Å². The molecule has 5 nitrogen and oxygen atoms in total. The number of rotatable bonds is 4. The van der Waals surface area contributed by atoms with Crippen LogP contribution in [0, 0.1) is 19.7 Å². The van der Waals surface area contributed by atoms with E-state index in [1.807, 2.05) is 19.2 Å². The van der Waals surface area contributed by atoms with Crippen LogP contribution in [-0.2, 0) is 12.8 Å². The van der Waals surface area contributed by atoms with Crippen molar-refractivity contribution >= 4 is 22.2 Å². The normalized spacial score (nSPS) is 11.2. The van der Waals surface area contributed by atoms with Gasteiger partial charge in [-0.2, -0.15) is 0 Å². The maximum atomic E-state index is 14.4. The summed E-state index contributed by atoms with van der Waals surface area (Å²) in [6, 6.07) is 8.07. The lowest BCUT2D eigenvalue weighted by atomic mass is 10.2. The van der Waals surface area contributed by atoms with Crippen molar-refractivity contribution in [1.29, 1.82) is 0 Å². The van der Waals surface area contributed by atoms with Gasteiger partial charge in [-0.25, -0.2) is 14.4 Å². The third-order valence-corrected chi connectivity index (χ3v) is 5.23. The van der Waals surface area contributed by atoms with Gasteiger partial charge in [0, 0.05) is 18.0 Å². The second-order valence-electron chi connectivity index (χ2n) is 6.27. The van der Waals surface area contributed by atoms with E-state index in [4.69, 9.17) is 0 Å². The standard InChI is InChI=1S/C20H17FN4OS/c1-12-17(7-4-10-22-12)25-18(9-8-14-11-27-13(2)23-14)24-16-6-3-5-15(21)19(16)20(25)26/h3-7,10-11H,8-9H2,1-2H3. The molecular weight excluding hydrogens is 363 g/mol. The summed E-state index contributed by atoms with van der Waals surface area (Å²) in [7, 11) is 0. The van der Waals surface area contributed by atoms with Gasteiger partial charge in [0.1, 0.15) is 17.0 Å². The first-order valence-electron chi connectivity index (χ1n) is 8.58. The molecular formula is C20H17FN4OS. The third-order valence-electron chi connectivity index (χ3n) is 4.41. The number of nitrogens with zero attached hydrogens (tertiary/aromatic N) is 4. The quantitative estimate of drug-likeness (QED) is 0.541. The molecule has 4 rings (SSSR count). The molecule has 0 fully saturated rings. The van der Waals surface area contributed by atoms with Crippen LogP contribution < -0.4 is 5.56 Å². The van der Waals surface area contributed by atoms with E-state index in [1.54, 1.807) is 41.8 Å². The summed E-state index contributed by atoms with van der Waals surface area (Å²) in [4.78, 5) is 26.5. The summed E-state index contributed by atoms with van der Waals surface area (Å²) in [5.74, 6) is 0.00169. The van der Waals surface area contributed by atoms with E-state index in [9.17, 15) is 9.18 Å². The molecule has 0 aliphatic heterocycles. The molecule has 0 saturated carbocycles. The first-order valence-corrected chi connectivity index (χ1v) is 9.45. The third kappa shape index (κ3) is 3.26. The molecule has 0 unspecified atom stereocenters. The molecule has 0 aliphatic carbocycles. The zero-order valence-electron chi connectivity index (χ0n) is 14.9. The summed E-state index contributed by atoms with van der Waals surface area (Å²) in [5.41, 5.74) is 2.20. The largest absolute Gasteiger partial charge is 0.269 e. The van der Waals surface area contributed by atoms with E-state index >= 15 is 0 Å². The molecule has 0 bridgehead atoms. The van der Waals surface area contributed by atoms with E-state index in [2.05, 4.69) is 15.0 Å². The Balaban J connectivity index is 1.91. The number of pyridine rings is 1. The van der Waals surface area contributed by atoms with Crippen LogP contribution in [0.3, 0.4) is 0 Å². The van der Waals surface area contributed by atoms with Crippen molar-refractivity contribution in [2.24, 2.45) is 0 Å². The second-order valence-corrected chi connectivity index (χ2v) is 7.33. The summed E-state index contributed by atoms with van der Waals surface area (Å²) in [6.45, 7) is 3.78. The van der Waals surface area contributed by atoms with Crippen molar-refractivity contribution in [3.63, 3.8) is 0 Å². The van der Waals surface area contributed by atoms with Crippen LogP contribution in [0.4, 0.5) is 4.39 Å². The second kappa shape index (κ2) is 7.00. The number of aromatic nitrogens is 4. The number of halogens is 1. The Labute approximate surface area is 159 Å². The molecule has 3 heterocycles. The van der Waals surface area contributed by atoms with Crippen molar-refractivity contribution in [3.8, 4) is 5.69 Å². The van der Waals surface area contributed by atoms with Crippen LogP contribution in [0.5, 0.6) is 0 Å². The lowest BCUT2D eigenvalue weighted by Gasteiger charge is -2.15. The lowest BCUT2D eigenvalue weighted by Crippen LogP contribution is -2.26. The van der Waals surface area contributed by atoms with Crippen LogP contribution in [0.2, 0.25) is 0 Å². The Morgan fingerprint density at radius 2 is 1.96 bits per heavy atom. The fourth-order valence-electron chi connectivity index (χ4n) is 3.13. The molecule has 0 amide bonds. The molecule has 4 aromatic rings. The first-order chi connectivity index (χ1) is 13.0. The van der Waals surface area contributed by atoms with Gasteiger partial charge in [-0.05, 0) is 44.5 Å². The molecule has 27 heavy (non-hydrogen) atoms. The summed E-state index contributed by atoms with van der Waals surface area (Å²) >= 11 is 1.59. The summed E-state index contributed by atoms with van der Waals surface area (Å²) < 4.78 is 15.8. The average molecular weight is 380 g/mol. The van der Waals surface area contributed by atoms with E-state index in [-0.39, 0.29) is 5.39 Å². The smallest absolute Gasteiger partial charge is 0.268 e. The molecule has 0 saturated heterocycles. The van der Waals surface area contributed by atoms with Crippen molar-refractivity contribution in [2.75, 3.05) is 0 Å². The van der Waals surface area contributed by atoms with Crippen LogP contribution in [0.1, 0.15) is 22.2 Å². The molecule has 0 spiro atoms. The van der Waals surface area contributed by atoms with Crippen molar-refractivity contribution in [3.05, 3.63) is 80.3 Å². The Kier molecular flexibility index (Phi) is 4.53. The number of hydrogen-bond donors (Lipinski definition) is 0. The molecule has 1 aromatic carbocycles. The number of fused-ring (bicyclic) bond motifs is 1. The van der Waals surface area contributed by atoms with E-state index < -0.39 is 11.4 Å². The highest BCUT2D eigenvalue weighted by Crippen LogP contribution is 2.18. The van der Waals surface area contributed by atoms with Crippen molar-refractivity contribution < 1.29 is 4.39 Å². The minimum atomic E-state index is -0.568. The Hall–Kier alpha value is -2.93. The van der Waals surface area contributed by atoms with Crippen molar-refractivity contribution in [2.45, 2.75) is 26.7 Å². The predicted molar refractivity (Wildman–Crippen MR) is 104 cm³/mol. The molecule has 7 heteroatoms. The molecule has 136 valence electrons. The van der Waals surface area contributed by atoms with Gasteiger partial charge in [-0.3, -0.25) is 14.3 Å². The van der Waals surface area contributed by atoms with Crippen LogP contribution in [0.15, 0.2) is 46.7 Å². The maximum absolute atomic E-state index is 14.4. The van der Waals surface area contributed by atoms with Crippen LogP contribution >= 0.6 is 11.3 Å². The fraction of sp³-hybridized carbons (Fsp3) is 0.200. The zero-order chi connectivity index (χ0) is 19.0. The molecule has 0 N–H and O–H groups in total. The monoisotopic (exact) mass is 380 g/mol. The highest BCUT2D eigenvalue weighted by atomic mass is 32.1. The summed E-state index contributed by atoms with van der Waals surface area (Å²) in [5, 5.41) is 3.00. The van der Waals surface area contributed by atoms with Gasteiger partial charge in [-0.1, -0.05) is 6.07 Å². The number of hydrogen-bond acceptors (Lipinski definition) is 5. The molecule has 0 atom stereocenters. The van der Waals surface area contributed by atoms with Gasteiger partial charge in [-0.15, -0.1) is 11.3 Å². The van der Waals surface area contributed by atoms with Gasteiger partial charge < -0.3 is 0 Å². The topological polar surface area (TPSA) is 60.7 Å². The van der Waals surface area contributed by atoms with Gasteiger partial charge in [0.2, 0.25) is 0 Å². The number of thiazole rings is 1. The van der Waals surface area contributed by atoms with Gasteiger partial charge in [0.15, 0.2) is 0 Å². The maximum Gasteiger partial charge on any atom is 0.269 e. The Morgan fingerprint density at radius 1 is 1.11 bits per heavy atom. The number of aryl methyl sites for hydroxylation is 4. The first kappa shape index (κ1) is 17.5. The minimum Gasteiger partial charge on any atom is -0.268 e. The van der Waals surface area contributed by atoms with Gasteiger partial charge in [0.05, 0.1) is 27.6 Å². The molecule has 0 aliphatic rings. The minimum absolute atomic E-state index is 0.00555. The SMILES string of the molecule is Cc1nc(CCc2nc3cccc(F)c3c(=O)n2-c2cccnc2C)cs1. The average Bonchev–Trinajstić information content (AvgIpc) is 3.06.